The molecule has 92 valence electrons. The van der Waals surface area contributed by atoms with Crippen LogP contribution < -0.4 is 5.90 Å². The molecule has 0 unspecified atom stereocenters. The molecule has 0 atom stereocenters. The van der Waals surface area contributed by atoms with Crippen molar-refractivity contribution in [1.82, 2.24) is 9.55 Å². The van der Waals surface area contributed by atoms with E-state index < -0.39 is 0 Å². The highest BCUT2D eigenvalue weighted by molar-refractivity contribution is 5.77. The van der Waals surface area contributed by atoms with Crippen LogP contribution in [0.2, 0.25) is 0 Å². The molecule has 0 fully saturated rings. The Morgan fingerprint density at radius 2 is 2.06 bits per heavy atom. The van der Waals surface area contributed by atoms with Gasteiger partial charge in [-0.05, 0) is 17.7 Å². The van der Waals surface area contributed by atoms with E-state index in [9.17, 15) is 0 Å². The van der Waals surface area contributed by atoms with Gasteiger partial charge in [-0.3, -0.25) is 4.84 Å². The van der Waals surface area contributed by atoms with Crippen molar-refractivity contribution >= 4 is 11.0 Å². The lowest BCUT2D eigenvalue weighted by molar-refractivity contribution is 0.124. The van der Waals surface area contributed by atoms with Crippen molar-refractivity contribution < 1.29 is 4.84 Å². The summed E-state index contributed by atoms with van der Waals surface area (Å²) in [6.07, 6.45) is 0. The highest BCUT2D eigenvalue weighted by Crippen LogP contribution is 2.25. The zero-order valence-electron chi connectivity index (χ0n) is 10.8. The highest BCUT2D eigenvalue weighted by atomic mass is 16.6. The summed E-state index contributed by atoms with van der Waals surface area (Å²) in [6.45, 7) is 6.91. The Labute approximate surface area is 101 Å². The van der Waals surface area contributed by atoms with Crippen molar-refractivity contribution in [3.8, 4) is 0 Å². The first kappa shape index (κ1) is 12.1. The zero-order valence-corrected chi connectivity index (χ0v) is 10.8. The predicted molar refractivity (Wildman–Crippen MR) is 68.4 cm³/mol. The van der Waals surface area contributed by atoms with Gasteiger partial charge in [0.05, 0.1) is 17.6 Å². The minimum absolute atomic E-state index is 0.0400. The number of rotatable bonds is 2. The molecule has 0 radical (unpaired) electrons. The lowest BCUT2D eigenvalue weighted by atomic mass is 9.96. The Balaban J connectivity index is 2.57. The van der Waals surface area contributed by atoms with Gasteiger partial charge in [0.2, 0.25) is 0 Å². The average Bonchev–Trinajstić information content (AvgIpc) is 2.56. The van der Waals surface area contributed by atoms with Crippen LogP contribution in [0.1, 0.15) is 32.2 Å². The monoisotopic (exact) mass is 233 g/mol. The van der Waals surface area contributed by atoms with Crippen molar-refractivity contribution in [3.63, 3.8) is 0 Å². The largest absolute Gasteiger partial charge is 0.331 e. The maximum absolute atomic E-state index is 5.08. The van der Waals surface area contributed by atoms with Gasteiger partial charge < -0.3 is 4.57 Å². The van der Waals surface area contributed by atoms with E-state index in [2.05, 4.69) is 43.3 Å². The number of nitrogens with two attached hydrogens (primary N) is 1. The predicted octanol–water partition coefficient (Wildman–Crippen LogP) is 2.26. The Morgan fingerprint density at radius 1 is 1.35 bits per heavy atom. The molecule has 4 nitrogen and oxygen atoms in total. The Morgan fingerprint density at radius 3 is 2.65 bits per heavy atom. The van der Waals surface area contributed by atoms with Crippen LogP contribution in [0.5, 0.6) is 0 Å². The van der Waals surface area contributed by atoms with Crippen molar-refractivity contribution in [1.29, 1.82) is 0 Å². The second-order valence-electron chi connectivity index (χ2n) is 5.38. The van der Waals surface area contributed by atoms with Crippen LogP contribution in [-0.2, 0) is 23.9 Å². The summed E-state index contributed by atoms with van der Waals surface area (Å²) in [4.78, 5) is 9.34. The molecule has 1 aromatic heterocycles. The number of aromatic nitrogens is 2. The van der Waals surface area contributed by atoms with Gasteiger partial charge in [-0.15, -0.1) is 0 Å². The molecule has 2 N–H and O–H groups in total. The lowest BCUT2D eigenvalue weighted by Crippen LogP contribution is -2.17. The number of hydrogen-bond donors (Lipinski definition) is 1. The summed E-state index contributed by atoms with van der Waals surface area (Å²) < 4.78 is 2.14. The van der Waals surface area contributed by atoms with E-state index in [4.69, 9.17) is 10.9 Å². The van der Waals surface area contributed by atoms with E-state index in [-0.39, 0.29) is 5.41 Å². The number of aryl methyl sites for hydroxylation is 1. The number of nitrogens with zero attached hydrogens (tertiary/aromatic N) is 2. The minimum atomic E-state index is 0.0400. The SMILES string of the molecule is Cn1c(C(C)(C)C)nc2cc(CON)ccc21. The van der Waals surface area contributed by atoms with Crippen LogP contribution in [0.25, 0.3) is 11.0 Å². The summed E-state index contributed by atoms with van der Waals surface area (Å²) in [5, 5.41) is 0. The fraction of sp³-hybridized carbons (Fsp3) is 0.462. The molecule has 0 aliphatic carbocycles. The fourth-order valence-corrected chi connectivity index (χ4v) is 2.10. The first-order valence-electron chi connectivity index (χ1n) is 5.71. The Kier molecular flexibility index (Phi) is 2.93. The topological polar surface area (TPSA) is 53.1 Å². The normalized spacial score (nSPS) is 12.3. The van der Waals surface area contributed by atoms with Crippen LogP contribution in [0.3, 0.4) is 0 Å². The third kappa shape index (κ3) is 2.18. The maximum atomic E-state index is 5.08. The van der Waals surface area contributed by atoms with E-state index in [1.807, 2.05) is 12.1 Å². The van der Waals surface area contributed by atoms with E-state index in [1.54, 1.807) is 0 Å². The molecule has 0 bridgehead atoms. The van der Waals surface area contributed by atoms with E-state index in [0.29, 0.717) is 6.61 Å². The molecule has 0 amide bonds. The molecule has 1 aromatic carbocycles. The molecular formula is C13H19N3O. The van der Waals surface area contributed by atoms with E-state index >= 15 is 0 Å². The van der Waals surface area contributed by atoms with Gasteiger partial charge >= 0.3 is 0 Å². The highest BCUT2D eigenvalue weighted by Gasteiger charge is 2.21. The molecule has 0 aliphatic rings. The fourth-order valence-electron chi connectivity index (χ4n) is 2.10. The average molecular weight is 233 g/mol. The smallest absolute Gasteiger partial charge is 0.115 e. The second-order valence-corrected chi connectivity index (χ2v) is 5.38. The van der Waals surface area contributed by atoms with Gasteiger partial charge in [-0.2, -0.15) is 0 Å². The summed E-state index contributed by atoms with van der Waals surface area (Å²) in [6, 6.07) is 6.10. The Bertz CT molecular complexity index is 537. The molecule has 0 saturated heterocycles. The van der Waals surface area contributed by atoms with Gasteiger partial charge in [0.1, 0.15) is 5.82 Å². The van der Waals surface area contributed by atoms with Crippen LogP contribution in [0.4, 0.5) is 0 Å². The van der Waals surface area contributed by atoms with Crippen LogP contribution in [0.15, 0.2) is 18.2 Å². The first-order chi connectivity index (χ1) is 7.93. The molecule has 2 rings (SSSR count). The summed E-state index contributed by atoms with van der Waals surface area (Å²) in [5.74, 6) is 6.17. The quantitative estimate of drug-likeness (QED) is 0.809. The van der Waals surface area contributed by atoms with Gasteiger partial charge in [0, 0.05) is 12.5 Å². The number of hydrogen-bond acceptors (Lipinski definition) is 3. The molecule has 0 saturated carbocycles. The van der Waals surface area contributed by atoms with Crippen LogP contribution >= 0.6 is 0 Å². The van der Waals surface area contributed by atoms with E-state index in [1.165, 1.54) is 0 Å². The number of imidazole rings is 1. The molecule has 2 aromatic rings. The molecular weight excluding hydrogens is 214 g/mol. The first-order valence-corrected chi connectivity index (χ1v) is 5.71. The second kappa shape index (κ2) is 4.13. The van der Waals surface area contributed by atoms with Gasteiger partial charge in [0.15, 0.2) is 0 Å². The van der Waals surface area contributed by atoms with Gasteiger partial charge in [-0.1, -0.05) is 26.8 Å². The van der Waals surface area contributed by atoms with Gasteiger partial charge in [-0.25, -0.2) is 10.9 Å². The van der Waals surface area contributed by atoms with Crippen molar-refractivity contribution in [2.75, 3.05) is 0 Å². The molecule has 4 heteroatoms. The number of benzene rings is 1. The van der Waals surface area contributed by atoms with Crippen molar-refractivity contribution in [2.45, 2.75) is 32.8 Å². The summed E-state index contributed by atoms with van der Waals surface area (Å²) in [5.41, 5.74) is 3.21. The minimum Gasteiger partial charge on any atom is -0.331 e. The van der Waals surface area contributed by atoms with E-state index in [0.717, 1.165) is 22.4 Å². The summed E-state index contributed by atoms with van der Waals surface area (Å²) in [7, 11) is 2.05. The third-order valence-corrected chi connectivity index (χ3v) is 2.87. The maximum Gasteiger partial charge on any atom is 0.115 e. The molecule has 1 heterocycles. The van der Waals surface area contributed by atoms with Gasteiger partial charge in [0.25, 0.3) is 0 Å². The number of fused-ring (bicyclic) bond motifs is 1. The molecule has 0 spiro atoms. The standard InChI is InChI=1S/C13H19N3O/c1-13(2,3)12-15-10-7-9(8-17-14)5-6-11(10)16(12)4/h5-7H,8,14H2,1-4H3. The van der Waals surface area contributed by atoms with Crippen molar-refractivity contribution in [3.05, 3.63) is 29.6 Å². The zero-order chi connectivity index (χ0) is 12.6. The lowest BCUT2D eigenvalue weighted by Gasteiger charge is -2.17. The summed E-state index contributed by atoms with van der Waals surface area (Å²) >= 11 is 0. The van der Waals surface area contributed by atoms with Crippen LogP contribution in [0, 0.1) is 0 Å². The molecule has 0 aliphatic heterocycles. The van der Waals surface area contributed by atoms with Crippen molar-refractivity contribution in [2.24, 2.45) is 12.9 Å². The third-order valence-electron chi connectivity index (χ3n) is 2.87. The molecule has 17 heavy (non-hydrogen) atoms. The Hall–Kier alpha value is -1.39. The van der Waals surface area contributed by atoms with Crippen LogP contribution in [-0.4, -0.2) is 9.55 Å².